The van der Waals surface area contributed by atoms with Gasteiger partial charge < -0.3 is 15.4 Å². The average molecular weight is 349 g/mol. The maximum Gasteiger partial charge on any atom is 0.171 e. The van der Waals surface area contributed by atoms with Gasteiger partial charge in [-0.2, -0.15) is 0 Å². The van der Waals surface area contributed by atoms with Crippen LogP contribution in [0.4, 0.5) is 5.69 Å². The molecule has 122 valence electrons. The number of hydrogen-bond donors (Lipinski definition) is 2. The number of aryl methyl sites for hydroxylation is 2. The Hall–Kier alpha value is -1.78. The molecule has 2 aromatic carbocycles. The van der Waals surface area contributed by atoms with Crippen molar-refractivity contribution in [2.45, 2.75) is 26.8 Å². The number of benzene rings is 2. The summed E-state index contributed by atoms with van der Waals surface area (Å²) >= 11 is 11.4. The second-order valence-electron chi connectivity index (χ2n) is 5.59. The van der Waals surface area contributed by atoms with Crippen LogP contribution in [0.5, 0.6) is 5.75 Å². The van der Waals surface area contributed by atoms with Crippen molar-refractivity contribution in [1.82, 2.24) is 5.32 Å². The molecule has 0 radical (unpaired) electrons. The third kappa shape index (κ3) is 5.73. The van der Waals surface area contributed by atoms with E-state index in [0.29, 0.717) is 16.7 Å². The monoisotopic (exact) mass is 348 g/mol. The Morgan fingerprint density at radius 1 is 1.17 bits per heavy atom. The van der Waals surface area contributed by atoms with E-state index in [1.165, 1.54) is 5.56 Å². The number of hydrogen-bond acceptors (Lipinski definition) is 2. The van der Waals surface area contributed by atoms with Gasteiger partial charge in [-0.05, 0) is 62.8 Å². The second-order valence-corrected chi connectivity index (χ2v) is 6.40. The molecular weight excluding hydrogens is 328 g/mol. The van der Waals surface area contributed by atoms with E-state index in [-0.39, 0.29) is 6.04 Å². The molecular formula is C18H21ClN2OS. The van der Waals surface area contributed by atoms with Crippen LogP contribution in [0.2, 0.25) is 5.02 Å². The van der Waals surface area contributed by atoms with Crippen LogP contribution in [0, 0.1) is 13.8 Å². The summed E-state index contributed by atoms with van der Waals surface area (Å²) < 4.78 is 5.74. The van der Waals surface area contributed by atoms with Crippen LogP contribution in [-0.4, -0.2) is 17.8 Å². The summed E-state index contributed by atoms with van der Waals surface area (Å²) in [6.07, 6.45) is 0. The highest BCUT2D eigenvalue weighted by molar-refractivity contribution is 7.80. The zero-order valence-corrected chi connectivity index (χ0v) is 15.1. The van der Waals surface area contributed by atoms with E-state index in [2.05, 4.69) is 17.6 Å². The summed E-state index contributed by atoms with van der Waals surface area (Å²) in [5.41, 5.74) is 3.12. The van der Waals surface area contributed by atoms with Crippen LogP contribution >= 0.6 is 23.8 Å². The Morgan fingerprint density at radius 2 is 1.87 bits per heavy atom. The van der Waals surface area contributed by atoms with Gasteiger partial charge in [-0.15, -0.1) is 0 Å². The van der Waals surface area contributed by atoms with Crippen LogP contribution in [-0.2, 0) is 0 Å². The van der Waals surface area contributed by atoms with Gasteiger partial charge in [0.05, 0.1) is 6.04 Å². The molecule has 3 nitrogen and oxygen atoms in total. The van der Waals surface area contributed by atoms with Crippen molar-refractivity contribution >= 4 is 34.6 Å². The van der Waals surface area contributed by atoms with Crippen LogP contribution in [0.1, 0.15) is 18.1 Å². The minimum Gasteiger partial charge on any atom is -0.491 e. The highest BCUT2D eigenvalue weighted by Crippen LogP contribution is 2.19. The molecule has 0 bridgehead atoms. The largest absolute Gasteiger partial charge is 0.491 e. The molecule has 0 aliphatic carbocycles. The lowest BCUT2D eigenvalue weighted by molar-refractivity contribution is 0.287. The van der Waals surface area contributed by atoms with E-state index in [1.54, 1.807) is 0 Å². The van der Waals surface area contributed by atoms with Crippen molar-refractivity contribution in [2.24, 2.45) is 0 Å². The number of thiocarbonyl (C=S) groups is 1. The van der Waals surface area contributed by atoms with E-state index in [1.807, 2.05) is 56.3 Å². The fourth-order valence-electron chi connectivity index (χ4n) is 1.96. The highest BCUT2D eigenvalue weighted by Gasteiger charge is 2.06. The molecule has 0 aliphatic heterocycles. The maximum atomic E-state index is 6.11. The molecule has 0 heterocycles. The molecule has 0 saturated heterocycles. The second kappa shape index (κ2) is 8.18. The number of ether oxygens (including phenoxy) is 1. The first kappa shape index (κ1) is 17.6. The molecule has 2 N–H and O–H groups in total. The van der Waals surface area contributed by atoms with Crippen LogP contribution in [0.3, 0.4) is 0 Å². The average Bonchev–Trinajstić information content (AvgIpc) is 2.50. The molecule has 2 aromatic rings. The van der Waals surface area contributed by atoms with E-state index in [0.717, 1.165) is 17.0 Å². The van der Waals surface area contributed by atoms with Crippen molar-refractivity contribution in [3.63, 3.8) is 0 Å². The summed E-state index contributed by atoms with van der Waals surface area (Å²) in [5.74, 6) is 0.855. The van der Waals surface area contributed by atoms with E-state index in [4.69, 9.17) is 28.6 Å². The van der Waals surface area contributed by atoms with Gasteiger partial charge in [0.2, 0.25) is 0 Å². The van der Waals surface area contributed by atoms with Gasteiger partial charge in [0.15, 0.2) is 5.11 Å². The smallest absolute Gasteiger partial charge is 0.171 e. The fraction of sp³-hybridized carbons (Fsp3) is 0.278. The molecule has 23 heavy (non-hydrogen) atoms. The van der Waals surface area contributed by atoms with Crippen LogP contribution in [0.15, 0.2) is 42.5 Å². The molecule has 1 atom stereocenters. The van der Waals surface area contributed by atoms with Gasteiger partial charge in [-0.25, -0.2) is 0 Å². The molecule has 2 rings (SSSR count). The predicted molar refractivity (Wildman–Crippen MR) is 102 cm³/mol. The number of rotatable bonds is 5. The Balaban J connectivity index is 1.79. The molecule has 0 amide bonds. The Morgan fingerprint density at radius 3 is 2.52 bits per heavy atom. The first-order chi connectivity index (χ1) is 10.9. The zero-order chi connectivity index (χ0) is 16.8. The standard InChI is InChI=1S/C18H21ClN2OS/c1-12-4-8-16(9-5-12)22-11-14(3)20-18(23)21-15-7-6-13(2)17(19)10-15/h4-10,14H,11H2,1-3H3,(H2,20,21,23)/t14-/m1/s1. The van der Waals surface area contributed by atoms with Crippen molar-refractivity contribution in [1.29, 1.82) is 0 Å². The lowest BCUT2D eigenvalue weighted by Gasteiger charge is -2.18. The van der Waals surface area contributed by atoms with Gasteiger partial charge in [0.25, 0.3) is 0 Å². The number of anilines is 1. The van der Waals surface area contributed by atoms with Crippen molar-refractivity contribution in [3.05, 3.63) is 58.6 Å². The van der Waals surface area contributed by atoms with Crippen LogP contribution < -0.4 is 15.4 Å². The summed E-state index contributed by atoms with van der Waals surface area (Å²) in [4.78, 5) is 0. The van der Waals surface area contributed by atoms with Gasteiger partial charge in [0.1, 0.15) is 12.4 Å². The molecule has 0 unspecified atom stereocenters. The van der Waals surface area contributed by atoms with Gasteiger partial charge in [0, 0.05) is 10.7 Å². The third-order valence-corrected chi connectivity index (χ3v) is 3.96. The van der Waals surface area contributed by atoms with Crippen molar-refractivity contribution in [3.8, 4) is 5.75 Å². The van der Waals surface area contributed by atoms with E-state index < -0.39 is 0 Å². The first-order valence-corrected chi connectivity index (χ1v) is 8.26. The Labute approximate surface area is 148 Å². The van der Waals surface area contributed by atoms with Gasteiger partial charge in [-0.3, -0.25) is 0 Å². The van der Waals surface area contributed by atoms with Crippen molar-refractivity contribution in [2.75, 3.05) is 11.9 Å². The summed E-state index contributed by atoms with van der Waals surface area (Å²) in [6.45, 7) is 6.56. The summed E-state index contributed by atoms with van der Waals surface area (Å²) in [6, 6.07) is 13.8. The van der Waals surface area contributed by atoms with Crippen LogP contribution in [0.25, 0.3) is 0 Å². The summed E-state index contributed by atoms with van der Waals surface area (Å²) in [7, 11) is 0. The highest BCUT2D eigenvalue weighted by atomic mass is 35.5. The van der Waals surface area contributed by atoms with E-state index in [9.17, 15) is 0 Å². The molecule has 0 aliphatic rings. The number of nitrogens with one attached hydrogen (secondary N) is 2. The quantitative estimate of drug-likeness (QED) is 0.766. The normalized spacial score (nSPS) is 11.7. The Bertz CT molecular complexity index is 673. The first-order valence-electron chi connectivity index (χ1n) is 7.47. The molecule has 5 heteroatoms. The topological polar surface area (TPSA) is 33.3 Å². The lowest BCUT2D eigenvalue weighted by atomic mass is 10.2. The zero-order valence-electron chi connectivity index (χ0n) is 13.5. The Kier molecular flexibility index (Phi) is 6.25. The minimum atomic E-state index is 0.0808. The predicted octanol–water partition coefficient (Wildman–Crippen LogP) is 4.71. The minimum absolute atomic E-state index is 0.0808. The van der Waals surface area contributed by atoms with Crippen molar-refractivity contribution < 1.29 is 4.74 Å². The number of halogens is 1. The van der Waals surface area contributed by atoms with E-state index >= 15 is 0 Å². The molecule has 0 spiro atoms. The molecule has 0 fully saturated rings. The molecule has 0 saturated carbocycles. The maximum absolute atomic E-state index is 6.11. The lowest BCUT2D eigenvalue weighted by Crippen LogP contribution is -2.39. The summed E-state index contributed by atoms with van der Waals surface area (Å²) in [5, 5.41) is 7.59. The third-order valence-electron chi connectivity index (χ3n) is 3.33. The molecule has 0 aromatic heterocycles. The van der Waals surface area contributed by atoms with Gasteiger partial charge in [-0.1, -0.05) is 35.4 Å². The SMILES string of the molecule is Cc1ccc(OC[C@@H](C)NC(=S)Nc2ccc(C)c(Cl)c2)cc1. The van der Waals surface area contributed by atoms with Gasteiger partial charge >= 0.3 is 0 Å². The fourth-order valence-corrected chi connectivity index (χ4v) is 2.46.